The highest BCUT2D eigenvalue weighted by atomic mass is 16.5. The van der Waals surface area contributed by atoms with Crippen LogP contribution < -0.4 is 5.32 Å². The summed E-state index contributed by atoms with van der Waals surface area (Å²) < 4.78 is 4.63. The summed E-state index contributed by atoms with van der Waals surface area (Å²) in [7, 11) is 1.27. The fourth-order valence-corrected chi connectivity index (χ4v) is 2.60. The summed E-state index contributed by atoms with van der Waals surface area (Å²) in [6.07, 6.45) is 1.36. The number of hydrogen-bond donors (Lipinski definition) is 1. The molecule has 3 amide bonds. The summed E-state index contributed by atoms with van der Waals surface area (Å²) in [5.74, 6) is -1.87. The van der Waals surface area contributed by atoms with Crippen LogP contribution in [-0.2, 0) is 9.53 Å². The van der Waals surface area contributed by atoms with E-state index in [4.69, 9.17) is 0 Å². The van der Waals surface area contributed by atoms with Gasteiger partial charge in [0.1, 0.15) is 5.69 Å². The molecule has 2 aromatic rings. The fourth-order valence-electron chi connectivity index (χ4n) is 2.60. The van der Waals surface area contributed by atoms with E-state index in [0.29, 0.717) is 11.3 Å². The number of fused-ring (bicyclic) bond motifs is 1. The van der Waals surface area contributed by atoms with Crippen molar-refractivity contribution < 1.29 is 23.9 Å². The summed E-state index contributed by atoms with van der Waals surface area (Å²) in [5.41, 5.74) is 1.06. The summed E-state index contributed by atoms with van der Waals surface area (Å²) in [6, 6.07) is 9.38. The number of carbonyl (C=O) groups excluding carboxylic acids is 4. The Balaban J connectivity index is 1.61. The summed E-state index contributed by atoms with van der Waals surface area (Å²) in [6.45, 7) is -0.0590. The number of imide groups is 1. The van der Waals surface area contributed by atoms with E-state index < -0.39 is 23.7 Å². The standard InChI is InChI=1S/C18H15N3O5/c1-26-18(25)11-4-2-5-12(10-11)20-14(22)7-9-21-16(23)13-6-3-8-19-15(13)17(21)24/h2-6,8,10H,7,9H2,1H3,(H,20,22). The minimum Gasteiger partial charge on any atom is -0.465 e. The van der Waals surface area contributed by atoms with Crippen LogP contribution in [-0.4, -0.2) is 47.2 Å². The number of amides is 3. The van der Waals surface area contributed by atoms with Gasteiger partial charge in [-0.3, -0.25) is 24.3 Å². The summed E-state index contributed by atoms with van der Waals surface area (Å²) in [4.78, 5) is 52.9. The lowest BCUT2D eigenvalue weighted by atomic mass is 10.2. The van der Waals surface area contributed by atoms with Crippen molar-refractivity contribution in [2.75, 3.05) is 19.0 Å². The summed E-state index contributed by atoms with van der Waals surface area (Å²) >= 11 is 0. The number of rotatable bonds is 5. The fraction of sp³-hybridized carbons (Fsp3) is 0.167. The quantitative estimate of drug-likeness (QED) is 0.645. The predicted molar refractivity (Wildman–Crippen MR) is 90.6 cm³/mol. The van der Waals surface area contributed by atoms with E-state index in [1.165, 1.54) is 25.4 Å². The van der Waals surface area contributed by atoms with E-state index in [1.54, 1.807) is 24.3 Å². The van der Waals surface area contributed by atoms with Gasteiger partial charge in [0, 0.05) is 24.8 Å². The predicted octanol–water partition coefficient (Wildman–Crippen LogP) is 1.49. The maximum atomic E-state index is 12.2. The van der Waals surface area contributed by atoms with Crippen LogP contribution in [0, 0.1) is 0 Å². The number of carbonyl (C=O) groups is 4. The number of nitrogens with one attached hydrogen (secondary N) is 1. The molecule has 0 fully saturated rings. The number of anilines is 1. The molecular weight excluding hydrogens is 338 g/mol. The Morgan fingerprint density at radius 3 is 2.69 bits per heavy atom. The van der Waals surface area contributed by atoms with Crippen molar-refractivity contribution in [2.24, 2.45) is 0 Å². The molecular formula is C18H15N3O5. The molecule has 1 aliphatic rings. The van der Waals surface area contributed by atoms with Crippen LogP contribution in [0.4, 0.5) is 5.69 Å². The Morgan fingerprint density at radius 2 is 1.96 bits per heavy atom. The maximum absolute atomic E-state index is 12.2. The molecule has 2 heterocycles. The third-order valence-corrected chi connectivity index (χ3v) is 3.86. The van der Waals surface area contributed by atoms with Crippen LogP contribution in [0.25, 0.3) is 0 Å². The van der Waals surface area contributed by atoms with Crippen LogP contribution >= 0.6 is 0 Å². The average Bonchev–Trinajstić information content (AvgIpc) is 2.90. The van der Waals surface area contributed by atoms with Crippen molar-refractivity contribution in [3.63, 3.8) is 0 Å². The zero-order chi connectivity index (χ0) is 18.7. The lowest BCUT2D eigenvalue weighted by molar-refractivity contribution is -0.116. The van der Waals surface area contributed by atoms with Gasteiger partial charge in [0.15, 0.2) is 0 Å². The SMILES string of the molecule is COC(=O)c1cccc(NC(=O)CCN2C(=O)c3cccnc3C2=O)c1. The molecule has 1 aliphatic heterocycles. The van der Waals surface area contributed by atoms with Crippen LogP contribution in [0.1, 0.15) is 37.6 Å². The number of benzene rings is 1. The van der Waals surface area contributed by atoms with E-state index in [9.17, 15) is 19.2 Å². The molecule has 8 nitrogen and oxygen atoms in total. The minimum absolute atomic E-state index is 0.0590. The molecule has 0 aliphatic carbocycles. The van der Waals surface area contributed by atoms with Gasteiger partial charge in [0.25, 0.3) is 11.8 Å². The van der Waals surface area contributed by atoms with Gasteiger partial charge in [0.05, 0.1) is 18.2 Å². The lowest BCUT2D eigenvalue weighted by Gasteiger charge is -2.13. The highest BCUT2D eigenvalue weighted by Gasteiger charge is 2.36. The maximum Gasteiger partial charge on any atom is 0.337 e. The number of hydrogen-bond acceptors (Lipinski definition) is 6. The van der Waals surface area contributed by atoms with Crippen molar-refractivity contribution in [1.29, 1.82) is 0 Å². The van der Waals surface area contributed by atoms with Gasteiger partial charge in [-0.15, -0.1) is 0 Å². The normalized spacial score (nSPS) is 12.7. The molecule has 0 saturated carbocycles. The molecule has 0 radical (unpaired) electrons. The molecule has 0 spiro atoms. The Hall–Kier alpha value is -3.55. The smallest absolute Gasteiger partial charge is 0.337 e. The van der Waals surface area contributed by atoms with Gasteiger partial charge in [0.2, 0.25) is 5.91 Å². The second kappa shape index (κ2) is 7.14. The van der Waals surface area contributed by atoms with Gasteiger partial charge in [-0.25, -0.2) is 4.79 Å². The number of methoxy groups -OCH3 is 1. The van der Waals surface area contributed by atoms with Crippen LogP contribution in [0.3, 0.4) is 0 Å². The number of aromatic nitrogens is 1. The molecule has 0 bridgehead atoms. The van der Waals surface area contributed by atoms with Gasteiger partial charge in [-0.1, -0.05) is 6.07 Å². The molecule has 0 unspecified atom stereocenters. The van der Waals surface area contributed by atoms with Crippen LogP contribution in [0.2, 0.25) is 0 Å². The zero-order valence-electron chi connectivity index (χ0n) is 13.9. The summed E-state index contributed by atoms with van der Waals surface area (Å²) in [5, 5.41) is 2.62. The van der Waals surface area contributed by atoms with E-state index in [0.717, 1.165) is 4.90 Å². The van der Waals surface area contributed by atoms with Crippen molar-refractivity contribution >= 4 is 29.4 Å². The first kappa shape index (κ1) is 17.3. The first-order valence-corrected chi connectivity index (χ1v) is 7.80. The monoisotopic (exact) mass is 353 g/mol. The zero-order valence-corrected chi connectivity index (χ0v) is 13.9. The second-order valence-electron chi connectivity index (χ2n) is 5.53. The average molecular weight is 353 g/mol. The van der Waals surface area contributed by atoms with Gasteiger partial charge in [-0.2, -0.15) is 0 Å². The van der Waals surface area contributed by atoms with Gasteiger partial charge >= 0.3 is 5.97 Å². The highest BCUT2D eigenvalue weighted by Crippen LogP contribution is 2.20. The van der Waals surface area contributed by atoms with Gasteiger partial charge in [-0.05, 0) is 30.3 Å². The first-order valence-electron chi connectivity index (χ1n) is 7.80. The second-order valence-corrected chi connectivity index (χ2v) is 5.53. The third kappa shape index (κ3) is 3.30. The van der Waals surface area contributed by atoms with E-state index in [2.05, 4.69) is 15.0 Å². The number of esters is 1. The molecule has 132 valence electrons. The van der Waals surface area contributed by atoms with Crippen LogP contribution in [0.15, 0.2) is 42.6 Å². The Bertz CT molecular complexity index is 874. The Kier molecular flexibility index (Phi) is 4.74. The molecule has 1 aromatic heterocycles. The Labute approximate surface area is 148 Å². The molecule has 0 saturated heterocycles. The first-order chi connectivity index (χ1) is 12.5. The number of nitrogens with zero attached hydrogens (tertiary/aromatic N) is 2. The lowest BCUT2D eigenvalue weighted by Crippen LogP contribution is -2.33. The van der Waals surface area contributed by atoms with E-state index in [1.807, 2.05) is 0 Å². The Morgan fingerprint density at radius 1 is 1.15 bits per heavy atom. The van der Waals surface area contributed by atoms with E-state index >= 15 is 0 Å². The topological polar surface area (TPSA) is 106 Å². The van der Waals surface area contributed by atoms with Crippen molar-refractivity contribution in [3.8, 4) is 0 Å². The molecule has 0 atom stereocenters. The minimum atomic E-state index is -0.514. The van der Waals surface area contributed by atoms with E-state index in [-0.39, 0.29) is 24.2 Å². The molecule has 8 heteroatoms. The number of pyridine rings is 1. The van der Waals surface area contributed by atoms with Crippen molar-refractivity contribution in [3.05, 3.63) is 59.4 Å². The largest absolute Gasteiger partial charge is 0.465 e. The van der Waals surface area contributed by atoms with Crippen molar-refractivity contribution in [2.45, 2.75) is 6.42 Å². The molecule has 1 aromatic carbocycles. The number of ether oxygens (including phenoxy) is 1. The van der Waals surface area contributed by atoms with Crippen molar-refractivity contribution in [1.82, 2.24) is 9.88 Å². The molecule has 26 heavy (non-hydrogen) atoms. The van der Waals surface area contributed by atoms with Gasteiger partial charge < -0.3 is 10.1 Å². The molecule has 3 rings (SSSR count). The molecule has 1 N–H and O–H groups in total. The highest BCUT2D eigenvalue weighted by molar-refractivity contribution is 6.20. The third-order valence-electron chi connectivity index (χ3n) is 3.86. The van der Waals surface area contributed by atoms with Crippen LogP contribution in [0.5, 0.6) is 0 Å².